The maximum atomic E-state index is 12.9. The highest BCUT2D eigenvalue weighted by molar-refractivity contribution is 7.89. The molecule has 1 saturated heterocycles. The van der Waals surface area contributed by atoms with Gasteiger partial charge in [-0.15, -0.1) is 0 Å². The number of carbonyl (C=O) groups excluding carboxylic acids is 1. The van der Waals surface area contributed by atoms with Gasteiger partial charge in [0.05, 0.1) is 4.90 Å². The van der Waals surface area contributed by atoms with Crippen molar-refractivity contribution in [2.75, 3.05) is 18.4 Å². The molecule has 0 bridgehead atoms. The van der Waals surface area contributed by atoms with Gasteiger partial charge in [-0.25, -0.2) is 22.3 Å². The number of sulfonamides is 1. The number of benzene rings is 2. The van der Waals surface area contributed by atoms with Gasteiger partial charge in [-0.2, -0.15) is 0 Å². The molecule has 27 heavy (non-hydrogen) atoms. The Hall–Kier alpha value is -2.16. The van der Waals surface area contributed by atoms with E-state index >= 15 is 0 Å². The van der Waals surface area contributed by atoms with Crippen LogP contribution < -0.4 is 10.0 Å². The molecule has 9 heteroatoms. The molecule has 2 amide bonds. The van der Waals surface area contributed by atoms with E-state index < -0.39 is 10.0 Å². The lowest BCUT2D eigenvalue weighted by Crippen LogP contribution is -2.47. The number of amides is 2. The summed E-state index contributed by atoms with van der Waals surface area (Å²) in [5.74, 6) is -0.373. The summed E-state index contributed by atoms with van der Waals surface area (Å²) in [5, 5.41) is 3.17. The van der Waals surface area contributed by atoms with Crippen LogP contribution in [0.4, 0.5) is 14.9 Å². The van der Waals surface area contributed by atoms with Crippen molar-refractivity contribution in [3.05, 3.63) is 59.4 Å². The zero-order valence-electron chi connectivity index (χ0n) is 14.4. The number of likely N-dealkylation sites (tertiary alicyclic amines) is 1. The van der Waals surface area contributed by atoms with Gasteiger partial charge in [-0.3, -0.25) is 0 Å². The first-order valence-corrected chi connectivity index (χ1v) is 10.3. The molecule has 0 unspecified atom stereocenters. The number of rotatable bonds is 4. The van der Waals surface area contributed by atoms with E-state index in [1.165, 1.54) is 48.5 Å². The third-order valence-corrected chi connectivity index (χ3v) is 6.11. The first-order valence-electron chi connectivity index (χ1n) is 8.43. The highest BCUT2D eigenvalue weighted by Gasteiger charge is 2.26. The van der Waals surface area contributed by atoms with Crippen LogP contribution in [0, 0.1) is 5.82 Å². The number of nitrogens with zero attached hydrogens (tertiary/aromatic N) is 1. The zero-order valence-corrected chi connectivity index (χ0v) is 15.9. The maximum absolute atomic E-state index is 12.9. The Morgan fingerprint density at radius 3 is 2.22 bits per heavy atom. The second-order valence-electron chi connectivity index (χ2n) is 6.27. The van der Waals surface area contributed by atoms with Crippen molar-refractivity contribution in [1.29, 1.82) is 0 Å². The van der Waals surface area contributed by atoms with Crippen LogP contribution in [0.5, 0.6) is 0 Å². The first-order chi connectivity index (χ1) is 12.8. The predicted octanol–water partition coefficient (Wildman–Crippen LogP) is 3.45. The number of hydrogen-bond donors (Lipinski definition) is 2. The lowest BCUT2D eigenvalue weighted by atomic mass is 10.1. The molecular formula is C18H19ClFN3O3S. The summed E-state index contributed by atoms with van der Waals surface area (Å²) >= 11 is 5.79. The summed E-state index contributed by atoms with van der Waals surface area (Å²) in [5.41, 5.74) is 0.506. The van der Waals surface area contributed by atoms with Crippen molar-refractivity contribution in [3.8, 4) is 0 Å². The van der Waals surface area contributed by atoms with Gasteiger partial charge in [-0.1, -0.05) is 11.6 Å². The number of nitrogens with one attached hydrogen (secondary N) is 2. The van der Waals surface area contributed by atoms with Gasteiger partial charge in [0.2, 0.25) is 10.0 Å². The fraction of sp³-hybridized carbons (Fsp3) is 0.278. The molecule has 0 spiro atoms. The minimum absolute atomic E-state index is 0.156. The van der Waals surface area contributed by atoms with E-state index in [4.69, 9.17) is 11.6 Å². The molecular weight excluding hydrogens is 393 g/mol. The summed E-state index contributed by atoms with van der Waals surface area (Å²) in [7, 11) is -3.63. The van der Waals surface area contributed by atoms with Crippen molar-refractivity contribution >= 4 is 33.3 Å². The molecule has 0 aliphatic carbocycles. The van der Waals surface area contributed by atoms with Crippen molar-refractivity contribution in [2.24, 2.45) is 0 Å². The molecule has 3 rings (SSSR count). The second-order valence-corrected chi connectivity index (χ2v) is 8.42. The van der Waals surface area contributed by atoms with Crippen LogP contribution in [-0.4, -0.2) is 38.5 Å². The highest BCUT2D eigenvalue weighted by atomic mass is 35.5. The third kappa shape index (κ3) is 5.18. The molecule has 1 aliphatic rings. The Kier molecular flexibility index (Phi) is 5.98. The van der Waals surface area contributed by atoms with Crippen LogP contribution in [0.25, 0.3) is 0 Å². The third-order valence-electron chi connectivity index (χ3n) is 4.32. The summed E-state index contributed by atoms with van der Waals surface area (Å²) in [4.78, 5) is 14.0. The Morgan fingerprint density at radius 1 is 1.04 bits per heavy atom. The van der Waals surface area contributed by atoms with Gasteiger partial charge >= 0.3 is 6.03 Å². The molecule has 0 atom stereocenters. The van der Waals surface area contributed by atoms with E-state index in [0.29, 0.717) is 36.6 Å². The Labute approximate surface area is 162 Å². The molecule has 0 saturated carbocycles. The summed E-state index contributed by atoms with van der Waals surface area (Å²) in [6, 6.07) is 10.9. The summed E-state index contributed by atoms with van der Waals surface area (Å²) < 4.78 is 40.4. The number of carbonyl (C=O) groups is 1. The van der Waals surface area contributed by atoms with Crippen molar-refractivity contribution in [2.45, 2.75) is 23.8 Å². The van der Waals surface area contributed by atoms with E-state index in [2.05, 4.69) is 10.0 Å². The molecule has 0 aromatic heterocycles. The standard InChI is InChI=1S/C18H19ClFN3O3S/c19-13-1-7-17(8-2-13)27(25,26)22-16-9-11-23(12-10-16)18(24)21-15-5-3-14(20)4-6-15/h1-8,16,22H,9-12H2,(H,21,24). The highest BCUT2D eigenvalue weighted by Crippen LogP contribution is 2.18. The van der Waals surface area contributed by atoms with Gasteiger partial charge in [-0.05, 0) is 61.4 Å². The number of halogens is 2. The Bertz CT molecular complexity index is 896. The van der Waals surface area contributed by atoms with Crippen LogP contribution >= 0.6 is 11.6 Å². The minimum atomic E-state index is -3.63. The molecule has 1 fully saturated rings. The molecule has 0 radical (unpaired) electrons. The van der Waals surface area contributed by atoms with E-state index in [1.54, 1.807) is 4.90 Å². The van der Waals surface area contributed by atoms with Crippen molar-refractivity contribution < 1.29 is 17.6 Å². The largest absolute Gasteiger partial charge is 0.324 e. The van der Waals surface area contributed by atoms with Gasteiger partial charge in [0.15, 0.2) is 0 Å². The molecule has 2 aromatic carbocycles. The van der Waals surface area contributed by atoms with Gasteiger partial charge in [0.1, 0.15) is 5.82 Å². The Morgan fingerprint density at radius 2 is 1.63 bits per heavy atom. The average Bonchev–Trinajstić information content (AvgIpc) is 2.64. The maximum Gasteiger partial charge on any atom is 0.321 e. The summed E-state index contributed by atoms with van der Waals surface area (Å²) in [6.45, 7) is 0.835. The summed E-state index contributed by atoms with van der Waals surface area (Å²) in [6.07, 6.45) is 1.01. The molecule has 1 aliphatic heterocycles. The van der Waals surface area contributed by atoms with Crippen LogP contribution in [0.15, 0.2) is 53.4 Å². The van der Waals surface area contributed by atoms with Crippen molar-refractivity contribution in [3.63, 3.8) is 0 Å². The topological polar surface area (TPSA) is 78.5 Å². The van der Waals surface area contributed by atoms with E-state index in [-0.39, 0.29) is 22.8 Å². The molecule has 1 heterocycles. The van der Waals surface area contributed by atoms with Crippen LogP contribution in [0.3, 0.4) is 0 Å². The minimum Gasteiger partial charge on any atom is -0.324 e. The fourth-order valence-electron chi connectivity index (χ4n) is 2.84. The lowest BCUT2D eigenvalue weighted by Gasteiger charge is -2.32. The van der Waals surface area contributed by atoms with E-state index in [9.17, 15) is 17.6 Å². The fourth-order valence-corrected chi connectivity index (χ4v) is 4.27. The van der Waals surface area contributed by atoms with E-state index in [0.717, 1.165) is 0 Å². The quantitative estimate of drug-likeness (QED) is 0.808. The van der Waals surface area contributed by atoms with Gasteiger partial charge in [0, 0.05) is 29.8 Å². The second kappa shape index (κ2) is 8.24. The average molecular weight is 412 g/mol. The number of urea groups is 1. The number of piperidine rings is 1. The Balaban J connectivity index is 1.53. The smallest absolute Gasteiger partial charge is 0.321 e. The lowest BCUT2D eigenvalue weighted by molar-refractivity contribution is 0.193. The van der Waals surface area contributed by atoms with E-state index in [1.807, 2.05) is 0 Å². The molecule has 6 nitrogen and oxygen atoms in total. The van der Waals surface area contributed by atoms with Crippen molar-refractivity contribution in [1.82, 2.24) is 9.62 Å². The number of anilines is 1. The number of hydrogen-bond acceptors (Lipinski definition) is 3. The first kappa shape index (κ1) is 19.6. The molecule has 2 aromatic rings. The monoisotopic (exact) mass is 411 g/mol. The van der Waals surface area contributed by atoms with Gasteiger partial charge in [0.25, 0.3) is 0 Å². The molecule has 2 N–H and O–H groups in total. The van der Waals surface area contributed by atoms with Crippen LogP contribution in [0.2, 0.25) is 5.02 Å². The van der Waals surface area contributed by atoms with Crippen LogP contribution in [-0.2, 0) is 10.0 Å². The van der Waals surface area contributed by atoms with Crippen LogP contribution in [0.1, 0.15) is 12.8 Å². The molecule has 144 valence electrons. The zero-order chi connectivity index (χ0) is 19.4. The predicted molar refractivity (Wildman–Crippen MR) is 102 cm³/mol. The van der Waals surface area contributed by atoms with Gasteiger partial charge < -0.3 is 10.2 Å². The normalized spacial score (nSPS) is 15.6. The SMILES string of the molecule is O=C(Nc1ccc(F)cc1)N1CCC(NS(=O)(=O)c2ccc(Cl)cc2)CC1.